The SMILES string of the molecule is CCNC(=NCCc1c(C)nn(C)c1C)N1CCSC2(CCCCC2)C1.I. The number of hydrogen-bond donors (Lipinski definition) is 1. The molecule has 2 fully saturated rings. The molecule has 7 heteroatoms. The van der Waals surface area contributed by atoms with Gasteiger partial charge in [0.1, 0.15) is 0 Å². The van der Waals surface area contributed by atoms with Gasteiger partial charge in [-0.15, -0.1) is 24.0 Å². The number of nitrogens with one attached hydrogen (secondary N) is 1. The van der Waals surface area contributed by atoms with E-state index in [1.807, 2.05) is 11.7 Å². The summed E-state index contributed by atoms with van der Waals surface area (Å²) < 4.78 is 2.46. The second-order valence-electron chi connectivity index (χ2n) is 7.77. The highest BCUT2D eigenvalue weighted by molar-refractivity contribution is 14.0. The summed E-state index contributed by atoms with van der Waals surface area (Å²) >= 11 is 2.22. The van der Waals surface area contributed by atoms with E-state index in [1.165, 1.54) is 49.1 Å². The number of aliphatic imine (C=N–C) groups is 1. The maximum Gasteiger partial charge on any atom is 0.193 e. The largest absolute Gasteiger partial charge is 0.357 e. The average Bonchev–Trinajstić information content (AvgIpc) is 2.87. The first-order chi connectivity index (χ1) is 12.5. The number of thioether (sulfide) groups is 1. The van der Waals surface area contributed by atoms with Crippen molar-refractivity contribution in [2.45, 2.75) is 64.0 Å². The molecule has 3 rings (SSSR count). The lowest BCUT2D eigenvalue weighted by atomic mass is 9.87. The van der Waals surface area contributed by atoms with Gasteiger partial charge in [0, 0.05) is 49.4 Å². The first-order valence-corrected chi connectivity index (χ1v) is 11.2. The van der Waals surface area contributed by atoms with Crippen molar-refractivity contribution in [2.24, 2.45) is 12.0 Å². The van der Waals surface area contributed by atoms with Crippen LogP contribution in [0.15, 0.2) is 4.99 Å². The summed E-state index contributed by atoms with van der Waals surface area (Å²) in [6, 6.07) is 0. The van der Waals surface area contributed by atoms with Gasteiger partial charge in [0.25, 0.3) is 0 Å². The molecule has 0 bridgehead atoms. The molecular formula is C20H36IN5S. The predicted octanol–water partition coefficient (Wildman–Crippen LogP) is 3.91. The van der Waals surface area contributed by atoms with Gasteiger partial charge < -0.3 is 10.2 Å². The van der Waals surface area contributed by atoms with Gasteiger partial charge in [0.05, 0.1) is 5.69 Å². The minimum absolute atomic E-state index is 0. The Kier molecular flexibility index (Phi) is 8.77. The molecule has 1 aliphatic carbocycles. The normalized spacial score (nSPS) is 19.9. The third-order valence-electron chi connectivity index (χ3n) is 5.93. The van der Waals surface area contributed by atoms with Crippen LogP contribution >= 0.6 is 35.7 Å². The Balaban J connectivity index is 0.00000261. The van der Waals surface area contributed by atoms with E-state index < -0.39 is 0 Å². The van der Waals surface area contributed by atoms with Gasteiger partial charge in [-0.05, 0) is 45.6 Å². The van der Waals surface area contributed by atoms with E-state index in [2.05, 4.69) is 47.8 Å². The van der Waals surface area contributed by atoms with Gasteiger partial charge in [-0.25, -0.2) is 0 Å². The van der Waals surface area contributed by atoms with Crippen LogP contribution in [0, 0.1) is 13.8 Å². The van der Waals surface area contributed by atoms with Crippen LogP contribution in [0.25, 0.3) is 0 Å². The van der Waals surface area contributed by atoms with Gasteiger partial charge in [-0.2, -0.15) is 16.9 Å². The lowest BCUT2D eigenvalue weighted by molar-refractivity contribution is 0.293. The molecule has 27 heavy (non-hydrogen) atoms. The van der Waals surface area contributed by atoms with Crippen LogP contribution in [-0.4, -0.2) is 57.3 Å². The fraction of sp³-hybridized carbons (Fsp3) is 0.800. The van der Waals surface area contributed by atoms with Gasteiger partial charge in [-0.1, -0.05) is 19.3 Å². The highest BCUT2D eigenvalue weighted by Crippen LogP contribution is 2.42. The van der Waals surface area contributed by atoms with Crippen LogP contribution in [0.3, 0.4) is 0 Å². The summed E-state index contributed by atoms with van der Waals surface area (Å²) in [5.41, 5.74) is 3.75. The first-order valence-electron chi connectivity index (χ1n) is 10.2. The quantitative estimate of drug-likeness (QED) is 0.383. The number of halogens is 1. The van der Waals surface area contributed by atoms with Crippen molar-refractivity contribution in [3.05, 3.63) is 17.0 Å². The van der Waals surface area contributed by atoms with Crippen LogP contribution in [-0.2, 0) is 13.5 Å². The lowest BCUT2D eigenvalue weighted by Crippen LogP contribution is -2.53. The van der Waals surface area contributed by atoms with Crippen molar-refractivity contribution in [2.75, 3.05) is 31.9 Å². The molecule has 2 aliphatic rings. The Bertz CT molecular complexity index is 631. The number of aryl methyl sites for hydroxylation is 2. The Labute approximate surface area is 186 Å². The summed E-state index contributed by atoms with van der Waals surface area (Å²) in [6.07, 6.45) is 7.93. The van der Waals surface area contributed by atoms with E-state index in [1.54, 1.807) is 0 Å². The Morgan fingerprint density at radius 1 is 1.26 bits per heavy atom. The zero-order valence-corrected chi connectivity index (χ0v) is 20.5. The molecule has 5 nitrogen and oxygen atoms in total. The third kappa shape index (κ3) is 5.55. The fourth-order valence-electron chi connectivity index (χ4n) is 4.40. The summed E-state index contributed by atoms with van der Waals surface area (Å²) in [5.74, 6) is 2.34. The fourth-order valence-corrected chi connectivity index (χ4v) is 5.97. The average molecular weight is 506 g/mol. The number of guanidine groups is 1. The second-order valence-corrected chi connectivity index (χ2v) is 9.34. The second kappa shape index (κ2) is 10.4. The molecule has 1 N–H and O–H groups in total. The van der Waals surface area contributed by atoms with Crippen molar-refractivity contribution in [1.82, 2.24) is 20.0 Å². The minimum atomic E-state index is 0. The van der Waals surface area contributed by atoms with Gasteiger partial charge >= 0.3 is 0 Å². The van der Waals surface area contributed by atoms with E-state index in [9.17, 15) is 0 Å². The summed E-state index contributed by atoms with van der Waals surface area (Å²) in [6.45, 7) is 10.5. The molecular weight excluding hydrogens is 469 g/mol. The van der Waals surface area contributed by atoms with Crippen molar-refractivity contribution in [1.29, 1.82) is 0 Å². The molecule has 0 aromatic carbocycles. The highest BCUT2D eigenvalue weighted by Gasteiger charge is 2.38. The van der Waals surface area contributed by atoms with Crippen molar-refractivity contribution >= 4 is 41.7 Å². The van der Waals surface area contributed by atoms with Gasteiger partial charge in [-0.3, -0.25) is 9.67 Å². The molecule has 2 heterocycles. The van der Waals surface area contributed by atoms with E-state index in [0.717, 1.165) is 44.3 Å². The molecule has 0 unspecified atom stereocenters. The monoisotopic (exact) mass is 505 g/mol. The summed E-state index contributed by atoms with van der Waals surface area (Å²) in [4.78, 5) is 7.51. The Hall–Kier alpha value is -0.440. The van der Waals surface area contributed by atoms with Crippen LogP contribution in [0.2, 0.25) is 0 Å². The van der Waals surface area contributed by atoms with Crippen LogP contribution in [0.5, 0.6) is 0 Å². The van der Waals surface area contributed by atoms with E-state index in [-0.39, 0.29) is 24.0 Å². The van der Waals surface area contributed by atoms with Crippen LogP contribution < -0.4 is 5.32 Å². The zero-order chi connectivity index (χ0) is 18.6. The first kappa shape index (κ1) is 22.8. The maximum atomic E-state index is 4.99. The highest BCUT2D eigenvalue weighted by atomic mass is 127. The number of nitrogens with zero attached hydrogens (tertiary/aromatic N) is 4. The van der Waals surface area contributed by atoms with E-state index in [4.69, 9.17) is 4.99 Å². The molecule has 1 aliphatic heterocycles. The summed E-state index contributed by atoms with van der Waals surface area (Å²) in [5, 5.41) is 8.07. The molecule has 1 saturated heterocycles. The molecule has 1 spiro atoms. The molecule has 1 aromatic heterocycles. The zero-order valence-electron chi connectivity index (χ0n) is 17.4. The molecule has 0 radical (unpaired) electrons. The standard InChI is InChI=1S/C20H35N5S.HI/c1-5-21-19(22-12-9-18-16(2)23-24(4)17(18)3)25-13-14-26-20(15-25)10-7-6-8-11-20;/h5-15H2,1-4H3,(H,21,22);1H. The molecule has 0 atom stereocenters. The number of rotatable bonds is 4. The van der Waals surface area contributed by atoms with E-state index >= 15 is 0 Å². The third-order valence-corrected chi connectivity index (χ3v) is 7.47. The molecule has 1 aromatic rings. The van der Waals surface area contributed by atoms with Gasteiger partial charge in [0.15, 0.2) is 5.96 Å². The van der Waals surface area contributed by atoms with E-state index in [0.29, 0.717) is 4.75 Å². The van der Waals surface area contributed by atoms with Crippen LogP contribution in [0.1, 0.15) is 56.0 Å². The Morgan fingerprint density at radius 3 is 2.63 bits per heavy atom. The van der Waals surface area contributed by atoms with Gasteiger partial charge in [0.2, 0.25) is 0 Å². The van der Waals surface area contributed by atoms with Crippen molar-refractivity contribution in [3.8, 4) is 0 Å². The van der Waals surface area contributed by atoms with Crippen molar-refractivity contribution < 1.29 is 0 Å². The maximum absolute atomic E-state index is 4.99. The van der Waals surface area contributed by atoms with Crippen molar-refractivity contribution in [3.63, 3.8) is 0 Å². The smallest absolute Gasteiger partial charge is 0.193 e. The summed E-state index contributed by atoms with van der Waals surface area (Å²) in [7, 11) is 2.02. The minimum Gasteiger partial charge on any atom is -0.357 e. The molecule has 1 saturated carbocycles. The lowest BCUT2D eigenvalue weighted by Gasteiger charge is -2.45. The molecule has 0 amide bonds. The number of hydrogen-bond acceptors (Lipinski definition) is 3. The number of aromatic nitrogens is 2. The predicted molar refractivity (Wildman–Crippen MR) is 128 cm³/mol. The van der Waals surface area contributed by atoms with Crippen LogP contribution in [0.4, 0.5) is 0 Å². The molecule has 154 valence electrons. The Morgan fingerprint density at radius 2 is 2.00 bits per heavy atom. The topological polar surface area (TPSA) is 45.5 Å².